The van der Waals surface area contributed by atoms with Gasteiger partial charge in [0.2, 0.25) is 5.91 Å². The molecular formula is C24H30FN3O2. The van der Waals surface area contributed by atoms with Crippen LogP contribution in [0.5, 0.6) is 0 Å². The third-order valence-corrected chi connectivity index (χ3v) is 5.57. The Morgan fingerprint density at radius 1 is 1.03 bits per heavy atom. The fraction of sp³-hybridized carbons (Fsp3) is 0.417. The highest BCUT2D eigenvalue weighted by Gasteiger charge is 2.27. The monoisotopic (exact) mass is 411 g/mol. The van der Waals surface area contributed by atoms with Crippen LogP contribution >= 0.6 is 0 Å². The van der Waals surface area contributed by atoms with Crippen LogP contribution in [-0.4, -0.2) is 53.8 Å². The number of amides is 2. The van der Waals surface area contributed by atoms with E-state index in [1.165, 1.54) is 6.07 Å². The number of anilines is 1. The van der Waals surface area contributed by atoms with E-state index in [1.54, 1.807) is 18.2 Å². The van der Waals surface area contributed by atoms with Crippen molar-refractivity contribution < 1.29 is 14.0 Å². The number of hydrogen-bond donors (Lipinski definition) is 1. The van der Waals surface area contributed by atoms with E-state index >= 15 is 0 Å². The maximum absolute atomic E-state index is 13.7. The van der Waals surface area contributed by atoms with Gasteiger partial charge in [0.1, 0.15) is 5.82 Å². The highest BCUT2D eigenvalue weighted by Crippen LogP contribution is 2.20. The van der Waals surface area contributed by atoms with Gasteiger partial charge < -0.3 is 10.2 Å². The molecule has 0 saturated carbocycles. The average molecular weight is 412 g/mol. The van der Waals surface area contributed by atoms with Gasteiger partial charge in [-0.15, -0.1) is 0 Å². The summed E-state index contributed by atoms with van der Waals surface area (Å²) < 4.78 is 13.7. The Morgan fingerprint density at radius 2 is 1.70 bits per heavy atom. The van der Waals surface area contributed by atoms with E-state index in [-0.39, 0.29) is 17.5 Å². The smallest absolute Gasteiger partial charge is 0.253 e. The van der Waals surface area contributed by atoms with Crippen LogP contribution in [0.2, 0.25) is 0 Å². The molecule has 0 unspecified atom stereocenters. The van der Waals surface area contributed by atoms with Crippen molar-refractivity contribution in [2.75, 3.05) is 31.5 Å². The van der Waals surface area contributed by atoms with Gasteiger partial charge in [-0.05, 0) is 50.1 Å². The molecule has 1 fully saturated rings. The van der Waals surface area contributed by atoms with Crippen molar-refractivity contribution in [1.29, 1.82) is 0 Å². The normalized spacial score (nSPS) is 14.7. The molecule has 3 rings (SSSR count). The van der Waals surface area contributed by atoms with Crippen LogP contribution < -0.4 is 5.32 Å². The molecule has 0 aliphatic carbocycles. The molecule has 1 aliphatic heterocycles. The Kier molecular flexibility index (Phi) is 7.97. The Labute approximate surface area is 177 Å². The molecule has 0 aromatic heterocycles. The Balaban J connectivity index is 1.50. The van der Waals surface area contributed by atoms with Crippen molar-refractivity contribution in [1.82, 2.24) is 9.80 Å². The van der Waals surface area contributed by atoms with E-state index in [0.717, 1.165) is 44.5 Å². The molecular weight excluding hydrogens is 381 g/mol. The molecule has 2 aromatic rings. The third-order valence-electron chi connectivity index (χ3n) is 5.57. The molecule has 1 saturated heterocycles. The number of piperidine rings is 1. The van der Waals surface area contributed by atoms with Gasteiger partial charge in [-0.25, -0.2) is 4.39 Å². The number of benzene rings is 2. The maximum atomic E-state index is 13.7. The predicted molar refractivity (Wildman–Crippen MR) is 117 cm³/mol. The lowest BCUT2D eigenvalue weighted by Crippen LogP contribution is -2.47. The van der Waals surface area contributed by atoms with Gasteiger partial charge in [0.25, 0.3) is 5.91 Å². The summed E-state index contributed by atoms with van der Waals surface area (Å²) in [5, 5.41) is 2.66. The summed E-state index contributed by atoms with van der Waals surface area (Å²) in [5.74, 6) is -0.523. The first-order chi connectivity index (χ1) is 14.6. The zero-order valence-electron chi connectivity index (χ0n) is 17.5. The zero-order valence-corrected chi connectivity index (χ0v) is 17.5. The predicted octanol–water partition coefficient (Wildman–Crippen LogP) is 4.17. The van der Waals surface area contributed by atoms with Crippen molar-refractivity contribution in [3.63, 3.8) is 0 Å². The largest absolute Gasteiger partial charge is 0.339 e. The summed E-state index contributed by atoms with van der Waals surface area (Å²) in [6, 6.07) is 15.9. The van der Waals surface area contributed by atoms with E-state index in [4.69, 9.17) is 0 Å². The van der Waals surface area contributed by atoms with E-state index < -0.39 is 5.82 Å². The number of carbonyl (C=O) groups excluding carboxylic acids is 2. The van der Waals surface area contributed by atoms with Crippen molar-refractivity contribution >= 4 is 17.5 Å². The van der Waals surface area contributed by atoms with Crippen molar-refractivity contribution in [2.24, 2.45) is 0 Å². The number of carbonyl (C=O) groups is 2. The van der Waals surface area contributed by atoms with Gasteiger partial charge in [-0.2, -0.15) is 0 Å². The molecule has 6 heteroatoms. The molecule has 2 aromatic carbocycles. The van der Waals surface area contributed by atoms with Crippen LogP contribution in [-0.2, 0) is 4.79 Å². The lowest BCUT2D eigenvalue weighted by atomic mass is 10.0. The second-order valence-electron chi connectivity index (χ2n) is 7.70. The fourth-order valence-corrected chi connectivity index (χ4v) is 3.98. The van der Waals surface area contributed by atoms with Crippen LogP contribution in [0.15, 0.2) is 54.6 Å². The molecule has 2 amide bonds. The number of likely N-dealkylation sites (tertiary alicyclic amines) is 1. The van der Waals surface area contributed by atoms with Crippen molar-refractivity contribution in [3.05, 3.63) is 66.0 Å². The van der Waals surface area contributed by atoms with Crippen LogP contribution in [0.4, 0.5) is 10.1 Å². The van der Waals surface area contributed by atoms with Crippen LogP contribution in [0, 0.1) is 5.82 Å². The lowest BCUT2D eigenvalue weighted by Gasteiger charge is -2.38. The summed E-state index contributed by atoms with van der Waals surface area (Å²) in [6.45, 7) is 5.11. The molecule has 0 spiro atoms. The minimum atomic E-state index is -0.424. The number of rotatable bonds is 8. The van der Waals surface area contributed by atoms with E-state index in [1.807, 2.05) is 35.2 Å². The highest BCUT2D eigenvalue weighted by atomic mass is 19.1. The molecule has 5 nitrogen and oxygen atoms in total. The lowest BCUT2D eigenvalue weighted by molar-refractivity contribution is -0.116. The number of hydrogen-bond acceptors (Lipinski definition) is 3. The summed E-state index contributed by atoms with van der Waals surface area (Å²) in [6.07, 6.45) is 3.11. The summed E-state index contributed by atoms with van der Waals surface area (Å²) in [4.78, 5) is 29.2. The van der Waals surface area contributed by atoms with Gasteiger partial charge in [0, 0.05) is 37.7 Å². The van der Waals surface area contributed by atoms with Gasteiger partial charge in [-0.3, -0.25) is 14.5 Å². The SMILES string of the molecule is CCCN(CCC(=O)Nc1ccccc1F)C1CCN(C(=O)c2ccccc2)CC1. The number of halogens is 1. The third kappa shape index (κ3) is 5.89. The minimum Gasteiger partial charge on any atom is -0.339 e. The van der Waals surface area contributed by atoms with Gasteiger partial charge in [-0.1, -0.05) is 37.3 Å². The van der Waals surface area contributed by atoms with Crippen LogP contribution in [0.3, 0.4) is 0 Å². The average Bonchev–Trinajstić information content (AvgIpc) is 2.78. The highest BCUT2D eigenvalue weighted by molar-refractivity contribution is 5.94. The molecule has 0 atom stereocenters. The quantitative estimate of drug-likeness (QED) is 0.709. The summed E-state index contributed by atoms with van der Waals surface area (Å²) in [5.41, 5.74) is 0.948. The van der Waals surface area contributed by atoms with E-state index in [9.17, 15) is 14.0 Å². The Bertz CT molecular complexity index is 835. The molecule has 160 valence electrons. The van der Waals surface area contributed by atoms with Crippen molar-refractivity contribution in [3.8, 4) is 0 Å². The van der Waals surface area contributed by atoms with Gasteiger partial charge in [0.15, 0.2) is 0 Å². The zero-order chi connectivity index (χ0) is 21.3. The first-order valence-electron chi connectivity index (χ1n) is 10.7. The second-order valence-corrected chi connectivity index (χ2v) is 7.70. The minimum absolute atomic E-state index is 0.0837. The van der Waals surface area contributed by atoms with E-state index in [2.05, 4.69) is 17.1 Å². The second kappa shape index (κ2) is 10.9. The molecule has 1 N–H and O–H groups in total. The number of para-hydroxylation sites is 1. The van der Waals surface area contributed by atoms with Crippen LogP contribution in [0.1, 0.15) is 43.0 Å². The standard InChI is InChI=1S/C24H30FN3O2/c1-2-15-27(18-14-23(29)26-22-11-7-6-10-21(22)25)20-12-16-28(17-13-20)24(30)19-8-4-3-5-9-19/h3-11,20H,2,12-18H2,1H3,(H,26,29). The molecule has 1 aliphatic rings. The summed E-state index contributed by atoms with van der Waals surface area (Å²) in [7, 11) is 0. The number of nitrogens with one attached hydrogen (secondary N) is 1. The maximum Gasteiger partial charge on any atom is 0.253 e. The first kappa shape index (κ1) is 22.0. The first-order valence-corrected chi connectivity index (χ1v) is 10.7. The fourth-order valence-electron chi connectivity index (χ4n) is 3.98. The van der Waals surface area contributed by atoms with Crippen molar-refractivity contribution in [2.45, 2.75) is 38.6 Å². The molecule has 30 heavy (non-hydrogen) atoms. The molecule has 0 radical (unpaired) electrons. The van der Waals surface area contributed by atoms with Gasteiger partial charge in [0.05, 0.1) is 5.69 Å². The summed E-state index contributed by atoms with van der Waals surface area (Å²) >= 11 is 0. The Hall–Kier alpha value is -2.73. The molecule has 1 heterocycles. The van der Waals surface area contributed by atoms with E-state index in [0.29, 0.717) is 19.0 Å². The Morgan fingerprint density at radius 3 is 2.37 bits per heavy atom. The number of nitrogens with zero attached hydrogens (tertiary/aromatic N) is 2. The topological polar surface area (TPSA) is 52.7 Å². The molecule has 0 bridgehead atoms. The van der Waals surface area contributed by atoms with Crippen LogP contribution in [0.25, 0.3) is 0 Å². The van der Waals surface area contributed by atoms with Gasteiger partial charge >= 0.3 is 0 Å².